The third-order valence-corrected chi connectivity index (χ3v) is 5.74. The van der Waals surface area contributed by atoms with Gasteiger partial charge in [-0.3, -0.25) is 9.59 Å². The second-order valence-electron chi connectivity index (χ2n) is 6.24. The summed E-state index contributed by atoms with van der Waals surface area (Å²) in [7, 11) is 0. The normalized spacial score (nSPS) is 28.4. The lowest BCUT2D eigenvalue weighted by Crippen LogP contribution is -2.36. The molecule has 23 heavy (non-hydrogen) atoms. The highest BCUT2D eigenvalue weighted by atomic mass is 32.1. The first-order valence-electron chi connectivity index (χ1n) is 7.62. The quantitative estimate of drug-likeness (QED) is 0.849. The Hall–Kier alpha value is -2.21. The summed E-state index contributed by atoms with van der Waals surface area (Å²) in [6, 6.07) is 5.60. The number of amides is 1. The number of rotatable bonds is 3. The van der Waals surface area contributed by atoms with E-state index >= 15 is 0 Å². The first kappa shape index (κ1) is 14.4. The van der Waals surface area contributed by atoms with E-state index in [4.69, 9.17) is 0 Å². The lowest BCUT2D eigenvalue weighted by molar-refractivity contribution is -0.146. The molecule has 2 aromatic rings. The van der Waals surface area contributed by atoms with Gasteiger partial charge in [0, 0.05) is 5.69 Å². The minimum Gasteiger partial charge on any atom is -0.481 e. The molecule has 2 N–H and O–H groups in total. The number of benzene rings is 1. The van der Waals surface area contributed by atoms with Gasteiger partial charge >= 0.3 is 5.97 Å². The Morgan fingerprint density at radius 2 is 2.00 bits per heavy atom. The van der Waals surface area contributed by atoms with Crippen molar-refractivity contribution in [3.63, 3.8) is 0 Å². The molecule has 2 aliphatic carbocycles. The summed E-state index contributed by atoms with van der Waals surface area (Å²) < 4.78 is 1.02. The Morgan fingerprint density at radius 1 is 1.26 bits per heavy atom. The number of aromatic nitrogens is 1. The molecule has 1 saturated carbocycles. The van der Waals surface area contributed by atoms with Gasteiger partial charge in [0.25, 0.3) is 0 Å². The summed E-state index contributed by atoms with van der Waals surface area (Å²) >= 11 is 1.58. The lowest BCUT2D eigenvalue weighted by Gasteiger charge is -2.23. The molecule has 2 aliphatic rings. The van der Waals surface area contributed by atoms with Crippen LogP contribution in [0.3, 0.4) is 0 Å². The maximum Gasteiger partial charge on any atom is 0.307 e. The molecule has 2 bridgehead atoms. The van der Waals surface area contributed by atoms with E-state index in [1.807, 2.05) is 37.3 Å². The summed E-state index contributed by atoms with van der Waals surface area (Å²) in [5.41, 5.74) is 1.61. The van der Waals surface area contributed by atoms with E-state index in [9.17, 15) is 14.7 Å². The van der Waals surface area contributed by atoms with E-state index in [-0.39, 0.29) is 17.7 Å². The predicted octanol–water partition coefficient (Wildman–Crippen LogP) is 3.07. The van der Waals surface area contributed by atoms with Crippen LogP contribution in [-0.4, -0.2) is 22.0 Å². The van der Waals surface area contributed by atoms with Gasteiger partial charge in [-0.15, -0.1) is 11.3 Å². The highest BCUT2D eigenvalue weighted by molar-refractivity contribution is 7.18. The van der Waals surface area contributed by atoms with E-state index in [1.165, 1.54) is 0 Å². The third kappa shape index (κ3) is 2.34. The third-order valence-electron chi connectivity index (χ3n) is 4.81. The number of hydrogen-bond donors (Lipinski definition) is 2. The molecule has 1 fully saturated rings. The molecule has 6 heteroatoms. The Labute approximate surface area is 137 Å². The molecule has 1 amide bonds. The largest absolute Gasteiger partial charge is 0.481 e. The van der Waals surface area contributed by atoms with Crippen LogP contribution in [-0.2, 0) is 9.59 Å². The molecular weight excluding hydrogens is 312 g/mol. The van der Waals surface area contributed by atoms with Crippen LogP contribution in [0, 0.1) is 30.6 Å². The molecule has 0 unspecified atom stereocenters. The molecule has 4 atom stereocenters. The minimum atomic E-state index is -0.879. The Balaban J connectivity index is 1.58. The van der Waals surface area contributed by atoms with E-state index in [1.54, 1.807) is 11.3 Å². The van der Waals surface area contributed by atoms with Gasteiger partial charge in [0.05, 0.1) is 27.1 Å². The smallest absolute Gasteiger partial charge is 0.307 e. The van der Waals surface area contributed by atoms with Crippen molar-refractivity contribution in [2.24, 2.45) is 23.7 Å². The molecule has 0 spiro atoms. The van der Waals surface area contributed by atoms with Gasteiger partial charge in [0.15, 0.2) is 0 Å². The fraction of sp³-hybridized carbons (Fsp3) is 0.353. The van der Waals surface area contributed by atoms with Crippen LogP contribution in [0.1, 0.15) is 11.4 Å². The molecule has 1 aromatic carbocycles. The number of thiazole rings is 1. The average molecular weight is 328 g/mol. The zero-order valence-electron chi connectivity index (χ0n) is 12.5. The van der Waals surface area contributed by atoms with Gasteiger partial charge in [0.2, 0.25) is 5.91 Å². The molecule has 0 aliphatic heterocycles. The number of carbonyl (C=O) groups is 2. The standard InChI is InChI=1S/C17H16N2O3S/c1-8-18-12-5-4-11(7-13(12)23-8)19-16(20)14-9-2-3-10(6-9)15(14)17(21)22/h2-5,7,9-10,14-15H,6H2,1H3,(H,19,20)(H,21,22)/t9-,10-,14-,15+/m0/s1. The Morgan fingerprint density at radius 3 is 2.74 bits per heavy atom. The molecule has 0 radical (unpaired) electrons. The number of fused-ring (bicyclic) bond motifs is 3. The van der Waals surface area contributed by atoms with Gasteiger partial charge in [-0.05, 0) is 43.4 Å². The van der Waals surface area contributed by atoms with Crippen molar-refractivity contribution in [3.8, 4) is 0 Å². The molecule has 1 aromatic heterocycles. The van der Waals surface area contributed by atoms with Crippen molar-refractivity contribution in [2.75, 3.05) is 5.32 Å². The van der Waals surface area contributed by atoms with Gasteiger partial charge in [0.1, 0.15) is 0 Å². The zero-order valence-corrected chi connectivity index (χ0v) is 13.3. The van der Waals surface area contributed by atoms with Gasteiger partial charge in [-0.1, -0.05) is 12.2 Å². The van der Waals surface area contributed by atoms with Crippen LogP contribution in [0.15, 0.2) is 30.4 Å². The second kappa shape index (κ2) is 5.16. The molecule has 0 saturated heterocycles. The number of nitrogens with one attached hydrogen (secondary N) is 1. The molecule has 5 nitrogen and oxygen atoms in total. The number of anilines is 1. The van der Waals surface area contributed by atoms with Gasteiger partial charge < -0.3 is 10.4 Å². The van der Waals surface area contributed by atoms with Crippen molar-refractivity contribution >= 4 is 39.1 Å². The van der Waals surface area contributed by atoms with Crippen LogP contribution in [0.25, 0.3) is 10.2 Å². The number of carbonyl (C=O) groups excluding carboxylic acids is 1. The maximum atomic E-state index is 12.6. The molecule has 118 valence electrons. The SMILES string of the molecule is Cc1nc2ccc(NC(=O)[C@@H]3[C@H](C(=O)O)[C@H]4C=C[C@H]3C4)cc2s1. The summed E-state index contributed by atoms with van der Waals surface area (Å²) in [5, 5.41) is 13.3. The predicted molar refractivity (Wildman–Crippen MR) is 88.3 cm³/mol. The second-order valence-corrected chi connectivity index (χ2v) is 7.48. The molecule has 4 rings (SSSR count). The first-order valence-corrected chi connectivity index (χ1v) is 8.44. The van der Waals surface area contributed by atoms with Crippen LogP contribution in [0.5, 0.6) is 0 Å². The van der Waals surface area contributed by atoms with E-state index in [0.29, 0.717) is 5.69 Å². The summed E-state index contributed by atoms with van der Waals surface area (Å²) in [6.07, 6.45) is 4.70. The highest BCUT2D eigenvalue weighted by Gasteiger charge is 2.51. The monoisotopic (exact) mass is 328 g/mol. The number of aryl methyl sites for hydroxylation is 1. The van der Waals surface area contributed by atoms with E-state index < -0.39 is 17.8 Å². The zero-order chi connectivity index (χ0) is 16.1. The fourth-order valence-electron chi connectivity index (χ4n) is 3.86. The molecule has 1 heterocycles. The van der Waals surface area contributed by atoms with Crippen LogP contribution < -0.4 is 5.32 Å². The summed E-state index contributed by atoms with van der Waals surface area (Å²) in [4.78, 5) is 28.6. The lowest BCUT2D eigenvalue weighted by atomic mass is 9.82. The molecular formula is C17H16N2O3S. The fourth-order valence-corrected chi connectivity index (χ4v) is 4.73. The van der Waals surface area contributed by atoms with Gasteiger partial charge in [-0.25, -0.2) is 4.98 Å². The topological polar surface area (TPSA) is 79.3 Å². The van der Waals surface area contributed by atoms with Crippen molar-refractivity contribution in [3.05, 3.63) is 35.4 Å². The average Bonchev–Trinajstić information content (AvgIpc) is 3.18. The summed E-state index contributed by atoms with van der Waals surface area (Å²) in [6.45, 7) is 1.95. The van der Waals surface area contributed by atoms with Crippen molar-refractivity contribution in [1.82, 2.24) is 4.98 Å². The number of allylic oxidation sites excluding steroid dienone is 2. The van der Waals surface area contributed by atoms with Crippen LogP contribution in [0.4, 0.5) is 5.69 Å². The minimum absolute atomic E-state index is 0.0140. The van der Waals surface area contributed by atoms with E-state index in [0.717, 1.165) is 21.6 Å². The number of hydrogen-bond acceptors (Lipinski definition) is 4. The van der Waals surface area contributed by atoms with Crippen molar-refractivity contribution in [2.45, 2.75) is 13.3 Å². The number of nitrogens with zero attached hydrogens (tertiary/aromatic N) is 1. The number of carboxylic acids is 1. The van der Waals surface area contributed by atoms with Crippen molar-refractivity contribution < 1.29 is 14.7 Å². The highest BCUT2D eigenvalue weighted by Crippen LogP contribution is 2.48. The van der Waals surface area contributed by atoms with Crippen LogP contribution in [0.2, 0.25) is 0 Å². The van der Waals surface area contributed by atoms with Gasteiger partial charge in [-0.2, -0.15) is 0 Å². The first-order chi connectivity index (χ1) is 11.0. The van der Waals surface area contributed by atoms with E-state index in [2.05, 4.69) is 10.3 Å². The number of carboxylic acid groups (broad SMARTS) is 1. The van der Waals surface area contributed by atoms with Crippen molar-refractivity contribution in [1.29, 1.82) is 0 Å². The summed E-state index contributed by atoms with van der Waals surface area (Å²) in [5.74, 6) is -2.15. The Kier molecular flexibility index (Phi) is 3.23. The number of aliphatic carboxylic acids is 1. The maximum absolute atomic E-state index is 12.6. The Bertz CT molecular complexity index is 841. The van der Waals surface area contributed by atoms with Crippen LogP contribution >= 0.6 is 11.3 Å².